The van der Waals surface area contributed by atoms with Crippen molar-refractivity contribution < 1.29 is 12.2 Å². The average Bonchev–Trinajstić information content (AvgIpc) is 1.92. The third-order valence-corrected chi connectivity index (χ3v) is 1.36. The van der Waals surface area contributed by atoms with Crippen LogP contribution < -0.4 is 0 Å². The zero-order valence-corrected chi connectivity index (χ0v) is 5.69. The topological polar surface area (TPSA) is 20.2 Å². The van der Waals surface area contributed by atoms with Crippen LogP contribution in [0.2, 0.25) is 5.02 Å². The van der Waals surface area contributed by atoms with Crippen molar-refractivity contribution in [2.45, 2.75) is 6.56 Å². The van der Waals surface area contributed by atoms with Crippen molar-refractivity contribution in [1.82, 2.24) is 0 Å². The second-order valence-electron chi connectivity index (χ2n) is 1.71. The molecule has 1 aromatic carbocycles. The van der Waals surface area contributed by atoms with Gasteiger partial charge in [0.1, 0.15) is 5.82 Å². The largest absolute Gasteiger partial charge is 0.392 e. The zero-order chi connectivity index (χ0) is 9.35. The van der Waals surface area contributed by atoms with Gasteiger partial charge in [0.05, 0.1) is 14.3 Å². The Hall–Kier alpha value is -0.600. The molecule has 1 aromatic rings. The van der Waals surface area contributed by atoms with Crippen LogP contribution in [-0.2, 0) is 6.56 Å². The molecule has 0 saturated carbocycles. The smallest absolute Gasteiger partial charge is 0.147 e. The van der Waals surface area contributed by atoms with Gasteiger partial charge < -0.3 is 5.11 Å². The van der Waals surface area contributed by atoms with Crippen LogP contribution in [-0.4, -0.2) is 5.11 Å². The fraction of sp³-hybridized carbons (Fsp3) is 0.143. The lowest BCUT2D eigenvalue weighted by atomic mass is 10.2. The molecule has 0 saturated heterocycles. The van der Waals surface area contributed by atoms with Crippen LogP contribution in [0.15, 0.2) is 18.2 Å². The van der Waals surface area contributed by atoms with Crippen molar-refractivity contribution in [3.8, 4) is 0 Å². The van der Waals surface area contributed by atoms with E-state index in [1.807, 2.05) is 0 Å². The van der Waals surface area contributed by atoms with E-state index >= 15 is 0 Å². The molecule has 10 heavy (non-hydrogen) atoms. The first-order valence-corrected chi connectivity index (χ1v) is 2.97. The number of halogens is 2. The lowest BCUT2D eigenvalue weighted by molar-refractivity contribution is 0.276. The predicted octanol–water partition coefficient (Wildman–Crippen LogP) is 1.97. The first-order chi connectivity index (χ1) is 5.43. The van der Waals surface area contributed by atoms with Gasteiger partial charge in [-0.1, -0.05) is 23.7 Å². The highest BCUT2D eigenvalue weighted by Crippen LogP contribution is 2.17. The van der Waals surface area contributed by atoms with Crippen LogP contribution >= 0.6 is 11.6 Å². The van der Waals surface area contributed by atoms with Gasteiger partial charge in [-0.3, -0.25) is 0 Å². The monoisotopic (exact) mass is 162 g/mol. The van der Waals surface area contributed by atoms with E-state index in [1.165, 1.54) is 12.1 Å². The molecule has 1 rings (SSSR count). The van der Waals surface area contributed by atoms with Gasteiger partial charge in [-0.15, -0.1) is 0 Å². The normalized spacial score (nSPS) is 14.3. The van der Waals surface area contributed by atoms with Crippen LogP contribution in [0.3, 0.4) is 0 Å². The highest BCUT2D eigenvalue weighted by atomic mass is 35.5. The van der Waals surface area contributed by atoms with Gasteiger partial charge in [0, 0.05) is 5.56 Å². The summed E-state index contributed by atoms with van der Waals surface area (Å²) in [5.74, 6) is -0.924. The summed E-state index contributed by atoms with van der Waals surface area (Å²) >= 11 is 5.37. The molecule has 0 aromatic heterocycles. The predicted molar refractivity (Wildman–Crippen MR) is 37.3 cm³/mol. The van der Waals surface area contributed by atoms with Crippen molar-refractivity contribution in [2.75, 3.05) is 0 Å². The van der Waals surface area contributed by atoms with Crippen LogP contribution in [0.4, 0.5) is 4.39 Å². The Morgan fingerprint density at radius 1 is 1.70 bits per heavy atom. The van der Waals surface area contributed by atoms with Gasteiger partial charge in [-0.25, -0.2) is 4.39 Å². The maximum Gasteiger partial charge on any atom is 0.147 e. The second kappa shape index (κ2) is 2.99. The number of benzene rings is 1. The van der Waals surface area contributed by atoms with E-state index < -0.39 is 17.9 Å². The van der Waals surface area contributed by atoms with E-state index in [2.05, 4.69) is 0 Å². The molecule has 0 amide bonds. The van der Waals surface area contributed by atoms with Crippen LogP contribution in [0.5, 0.6) is 0 Å². The first-order valence-electron chi connectivity index (χ1n) is 3.60. The lowest BCUT2D eigenvalue weighted by Gasteiger charge is -1.98. The molecule has 3 heteroatoms. The van der Waals surface area contributed by atoms with Crippen molar-refractivity contribution in [1.29, 1.82) is 0 Å². The van der Waals surface area contributed by atoms with Crippen LogP contribution in [0, 0.1) is 5.82 Å². The minimum atomic E-state index is -2.69. The Bertz CT molecular complexity index is 298. The molecule has 0 unspecified atom stereocenters. The molecule has 0 atom stereocenters. The van der Waals surface area contributed by atoms with Crippen molar-refractivity contribution in [3.05, 3.63) is 34.6 Å². The standard InChI is InChI=1S/C7H6ClFO/c8-6-3-1-2-5(4-10)7(6)9/h1-3,10H,4H2/i4D2. The summed E-state index contributed by atoms with van der Waals surface area (Å²) in [7, 11) is 0. The Kier molecular flexibility index (Phi) is 1.53. The number of aliphatic hydroxyl groups is 1. The van der Waals surface area contributed by atoms with E-state index in [4.69, 9.17) is 19.4 Å². The van der Waals surface area contributed by atoms with E-state index in [0.717, 1.165) is 6.07 Å². The summed E-state index contributed by atoms with van der Waals surface area (Å²) in [6.45, 7) is -2.69. The van der Waals surface area contributed by atoms with E-state index in [-0.39, 0.29) is 5.02 Å². The molecule has 0 radical (unpaired) electrons. The van der Waals surface area contributed by atoms with Gasteiger partial charge in [0.2, 0.25) is 0 Å². The Morgan fingerprint density at radius 3 is 2.90 bits per heavy atom. The molecule has 0 spiro atoms. The molecular weight excluding hydrogens is 155 g/mol. The zero-order valence-electron chi connectivity index (χ0n) is 6.94. The molecule has 0 aliphatic heterocycles. The molecule has 0 fully saturated rings. The minimum absolute atomic E-state index is 0.203. The van der Waals surface area contributed by atoms with Gasteiger partial charge in [-0.05, 0) is 6.07 Å². The molecule has 0 aliphatic rings. The third-order valence-electron chi connectivity index (χ3n) is 1.07. The second-order valence-corrected chi connectivity index (χ2v) is 2.12. The number of hydrogen-bond acceptors (Lipinski definition) is 1. The molecule has 0 heterocycles. The van der Waals surface area contributed by atoms with Gasteiger partial charge >= 0.3 is 0 Å². The fourth-order valence-electron chi connectivity index (χ4n) is 0.590. The molecule has 54 valence electrons. The maximum absolute atomic E-state index is 13.0. The Morgan fingerprint density at radius 2 is 2.40 bits per heavy atom. The first kappa shape index (κ1) is 5.10. The quantitative estimate of drug-likeness (QED) is 0.670. The molecule has 0 bridgehead atoms. The molecule has 1 nitrogen and oxygen atoms in total. The van der Waals surface area contributed by atoms with E-state index in [9.17, 15) is 4.39 Å². The SMILES string of the molecule is [2H]C([2H])(O)c1cccc(Cl)c1F. The van der Waals surface area contributed by atoms with Crippen LogP contribution in [0.1, 0.15) is 8.30 Å². The Balaban J connectivity index is 3.26. The maximum atomic E-state index is 13.0. The van der Waals surface area contributed by atoms with Gasteiger partial charge in [-0.2, -0.15) is 0 Å². The highest BCUT2D eigenvalue weighted by Gasteiger charge is 2.02. The highest BCUT2D eigenvalue weighted by molar-refractivity contribution is 6.30. The van der Waals surface area contributed by atoms with Crippen LogP contribution in [0.25, 0.3) is 0 Å². The summed E-state index contributed by atoms with van der Waals surface area (Å²) in [5, 5.41) is 8.63. The fourth-order valence-corrected chi connectivity index (χ4v) is 0.765. The van der Waals surface area contributed by atoms with Crippen molar-refractivity contribution in [3.63, 3.8) is 0 Å². The average molecular weight is 163 g/mol. The summed E-state index contributed by atoms with van der Waals surface area (Å²) in [4.78, 5) is 0. The summed E-state index contributed by atoms with van der Waals surface area (Å²) in [6, 6.07) is 3.79. The number of hydrogen-bond donors (Lipinski definition) is 1. The van der Waals surface area contributed by atoms with Gasteiger partial charge in [0.15, 0.2) is 0 Å². The van der Waals surface area contributed by atoms with Gasteiger partial charge in [0.25, 0.3) is 0 Å². The van der Waals surface area contributed by atoms with Crippen molar-refractivity contribution in [2.24, 2.45) is 0 Å². The van der Waals surface area contributed by atoms with Crippen molar-refractivity contribution >= 4 is 11.6 Å². The van der Waals surface area contributed by atoms with E-state index in [0.29, 0.717) is 0 Å². The van der Waals surface area contributed by atoms with E-state index in [1.54, 1.807) is 0 Å². The summed E-state index contributed by atoms with van der Waals surface area (Å²) in [5.41, 5.74) is -0.449. The summed E-state index contributed by atoms with van der Waals surface area (Å²) < 4.78 is 26.6. The Labute approximate surface area is 65.9 Å². The molecule has 1 N–H and O–H groups in total. The lowest BCUT2D eigenvalue weighted by Crippen LogP contribution is -1.88. The minimum Gasteiger partial charge on any atom is -0.392 e. The number of rotatable bonds is 1. The third kappa shape index (κ3) is 1.28. The molecular formula is C7H6ClFO. The summed E-state index contributed by atoms with van der Waals surface area (Å²) in [6.07, 6.45) is 0. The molecule has 0 aliphatic carbocycles.